The van der Waals surface area contributed by atoms with Crippen molar-refractivity contribution in [3.8, 4) is 6.07 Å². The summed E-state index contributed by atoms with van der Waals surface area (Å²) in [6.07, 6.45) is 0. The van der Waals surface area contributed by atoms with Gasteiger partial charge in [-0.3, -0.25) is 14.4 Å². The molecule has 0 aliphatic rings. The normalized spacial score (nSPS) is 12.4. The number of esters is 2. The molecule has 2 N–H and O–H groups in total. The molecule has 0 aliphatic carbocycles. The molecule has 1 aromatic carbocycles. The van der Waals surface area contributed by atoms with Crippen LogP contribution in [0.5, 0.6) is 0 Å². The molecular formula is C17H18N2O7. The number of amides is 1. The van der Waals surface area contributed by atoms with E-state index in [4.69, 9.17) is 5.26 Å². The van der Waals surface area contributed by atoms with Crippen molar-refractivity contribution in [2.45, 2.75) is 13.0 Å². The summed E-state index contributed by atoms with van der Waals surface area (Å²) in [5.41, 5.74) is 0.455. The predicted molar refractivity (Wildman–Crippen MR) is 86.7 cm³/mol. The third kappa shape index (κ3) is 4.80. The summed E-state index contributed by atoms with van der Waals surface area (Å²) in [5.74, 6) is -6.77. The Kier molecular flexibility index (Phi) is 7.28. The second-order valence-corrected chi connectivity index (χ2v) is 5.36. The van der Waals surface area contributed by atoms with Gasteiger partial charge in [0.25, 0.3) is 5.91 Å². The molecule has 0 aliphatic heterocycles. The summed E-state index contributed by atoms with van der Waals surface area (Å²) >= 11 is 0. The summed E-state index contributed by atoms with van der Waals surface area (Å²) in [7, 11) is 2.10. The molecule has 1 rings (SSSR count). The fraction of sp³-hybridized carbons (Fsp3) is 0.353. The van der Waals surface area contributed by atoms with Crippen molar-refractivity contribution >= 4 is 23.8 Å². The number of carboxylic acid groups (broad SMARTS) is 1. The highest BCUT2D eigenvalue weighted by Gasteiger charge is 2.42. The largest absolute Gasteiger partial charge is 0.480 e. The first kappa shape index (κ1) is 20.6. The van der Waals surface area contributed by atoms with E-state index >= 15 is 0 Å². The van der Waals surface area contributed by atoms with Gasteiger partial charge in [0.1, 0.15) is 6.04 Å². The van der Waals surface area contributed by atoms with E-state index in [9.17, 15) is 24.3 Å². The Labute approximate surface area is 149 Å². The van der Waals surface area contributed by atoms with Crippen LogP contribution in [0.15, 0.2) is 24.3 Å². The Bertz CT molecular complexity index is 720. The number of methoxy groups -OCH3 is 2. The quantitative estimate of drug-likeness (QED) is 0.522. The second-order valence-electron chi connectivity index (χ2n) is 5.36. The summed E-state index contributed by atoms with van der Waals surface area (Å²) in [5, 5.41) is 20.4. The van der Waals surface area contributed by atoms with Crippen LogP contribution in [0.2, 0.25) is 0 Å². The number of benzene rings is 1. The molecular weight excluding hydrogens is 344 g/mol. The van der Waals surface area contributed by atoms with Crippen LogP contribution >= 0.6 is 0 Å². The molecule has 2 atom stereocenters. The summed E-state index contributed by atoms with van der Waals surface area (Å²) in [6, 6.07) is 5.86. The number of nitrogens with zero attached hydrogens (tertiary/aromatic N) is 1. The molecule has 9 heteroatoms. The number of hydrogen-bond donors (Lipinski definition) is 2. The van der Waals surface area contributed by atoms with Crippen LogP contribution in [-0.2, 0) is 23.9 Å². The number of hydrogen-bond acceptors (Lipinski definition) is 7. The summed E-state index contributed by atoms with van der Waals surface area (Å²) in [4.78, 5) is 47.5. The zero-order chi connectivity index (χ0) is 19.9. The fourth-order valence-electron chi connectivity index (χ4n) is 2.31. The summed E-state index contributed by atoms with van der Waals surface area (Å²) < 4.78 is 9.05. The summed E-state index contributed by atoms with van der Waals surface area (Å²) in [6.45, 7) is 1.32. The maximum absolute atomic E-state index is 12.3. The lowest BCUT2D eigenvalue weighted by Crippen LogP contribution is -2.50. The molecule has 0 saturated carbocycles. The first-order valence-corrected chi connectivity index (χ1v) is 7.46. The molecule has 0 aromatic heterocycles. The van der Waals surface area contributed by atoms with E-state index in [1.807, 2.05) is 6.07 Å². The maximum atomic E-state index is 12.3. The zero-order valence-electron chi connectivity index (χ0n) is 14.4. The number of nitrogens with one attached hydrogen (secondary N) is 1. The SMILES string of the molecule is COC(=O)C(C(=O)OC)[C@H](C)[C@H](NC(=O)c1ccc(C#N)cc1)C(=O)O. The van der Waals surface area contributed by atoms with Crippen molar-refractivity contribution in [2.75, 3.05) is 14.2 Å². The number of carbonyl (C=O) groups is 4. The number of rotatable bonds is 7. The number of carboxylic acids is 1. The zero-order valence-corrected chi connectivity index (χ0v) is 14.4. The van der Waals surface area contributed by atoms with Crippen molar-refractivity contribution in [2.24, 2.45) is 11.8 Å². The number of carbonyl (C=O) groups excluding carboxylic acids is 3. The maximum Gasteiger partial charge on any atom is 0.326 e. The Hall–Kier alpha value is -3.41. The Morgan fingerprint density at radius 1 is 1.08 bits per heavy atom. The van der Waals surface area contributed by atoms with Gasteiger partial charge in [-0.05, 0) is 24.3 Å². The first-order chi connectivity index (χ1) is 12.3. The van der Waals surface area contributed by atoms with E-state index < -0.39 is 41.7 Å². The smallest absolute Gasteiger partial charge is 0.326 e. The highest BCUT2D eigenvalue weighted by Crippen LogP contribution is 2.20. The van der Waals surface area contributed by atoms with Crippen LogP contribution < -0.4 is 5.32 Å². The molecule has 1 aromatic rings. The van der Waals surface area contributed by atoms with Crippen LogP contribution in [0, 0.1) is 23.2 Å². The second kappa shape index (κ2) is 9.17. The number of aliphatic carboxylic acids is 1. The van der Waals surface area contributed by atoms with Crippen LogP contribution in [-0.4, -0.2) is 49.2 Å². The van der Waals surface area contributed by atoms with E-state index in [1.54, 1.807) is 0 Å². The minimum atomic E-state index is -1.55. The predicted octanol–water partition coefficient (Wildman–Crippen LogP) is 0.340. The van der Waals surface area contributed by atoms with Crippen LogP contribution in [0.3, 0.4) is 0 Å². The van der Waals surface area contributed by atoms with Crippen molar-refractivity contribution in [1.29, 1.82) is 5.26 Å². The van der Waals surface area contributed by atoms with Gasteiger partial charge in [-0.1, -0.05) is 6.92 Å². The highest BCUT2D eigenvalue weighted by molar-refractivity contribution is 5.98. The van der Waals surface area contributed by atoms with Crippen molar-refractivity contribution < 1.29 is 33.8 Å². The average Bonchev–Trinajstić information content (AvgIpc) is 2.65. The van der Waals surface area contributed by atoms with Crippen molar-refractivity contribution in [3.63, 3.8) is 0 Å². The average molecular weight is 362 g/mol. The van der Waals surface area contributed by atoms with Gasteiger partial charge in [-0.2, -0.15) is 5.26 Å². The lowest BCUT2D eigenvalue weighted by Gasteiger charge is -2.26. The van der Waals surface area contributed by atoms with E-state index in [0.717, 1.165) is 14.2 Å². The van der Waals surface area contributed by atoms with E-state index in [2.05, 4.69) is 14.8 Å². The van der Waals surface area contributed by atoms with Gasteiger partial charge in [-0.15, -0.1) is 0 Å². The molecule has 26 heavy (non-hydrogen) atoms. The first-order valence-electron chi connectivity index (χ1n) is 7.46. The Morgan fingerprint density at radius 3 is 1.96 bits per heavy atom. The molecule has 0 unspecified atom stereocenters. The molecule has 0 heterocycles. The molecule has 138 valence electrons. The fourth-order valence-corrected chi connectivity index (χ4v) is 2.31. The lowest BCUT2D eigenvalue weighted by atomic mass is 9.87. The van der Waals surface area contributed by atoms with E-state index in [0.29, 0.717) is 5.56 Å². The monoisotopic (exact) mass is 362 g/mol. The molecule has 1 amide bonds. The van der Waals surface area contributed by atoms with E-state index in [-0.39, 0.29) is 5.56 Å². The van der Waals surface area contributed by atoms with Gasteiger partial charge >= 0.3 is 17.9 Å². The van der Waals surface area contributed by atoms with Crippen molar-refractivity contribution in [1.82, 2.24) is 5.32 Å². The Morgan fingerprint density at radius 2 is 1.58 bits per heavy atom. The third-order valence-corrected chi connectivity index (χ3v) is 3.79. The van der Waals surface area contributed by atoms with Gasteiger partial charge in [0.05, 0.1) is 25.9 Å². The molecule has 0 radical (unpaired) electrons. The van der Waals surface area contributed by atoms with Crippen LogP contribution in [0.1, 0.15) is 22.8 Å². The minimum Gasteiger partial charge on any atom is -0.480 e. The standard InChI is InChI=1S/C17H18N2O7/c1-9(12(16(23)25-2)17(24)26-3)13(15(21)22)19-14(20)11-6-4-10(8-18)5-7-11/h4-7,9,12-13H,1-3H3,(H,19,20)(H,21,22)/t9-,13-/m0/s1. The van der Waals surface area contributed by atoms with Crippen LogP contribution in [0.25, 0.3) is 0 Å². The molecule has 0 bridgehead atoms. The van der Waals surface area contributed by atoms with Gasteiger partial charge in [0, 0.05) is 11.5 Å². The number of nitriles is 1. The van der Waals surface area contributed by atoms with Crippen LogP contribution in [0.4, 0.5) is 0 Å². The highest BCUT2D eigenvalue weighted by atomic mass is 16.5. The van der Waals surface area contributed by atoms with Gasteiger partial charge in [0.2, 0.25) is 0 Å². The third-order valence-electron chi connectivity index (χ3n) is 3.79. The van der Waals surface area contributed by atoms with Crippen molar-refractivity contribution in [3.05, 3.63) is 35.4 Å². The van der Waals surface area contributed by atoms with Gasteiger partial charge in [-0.25, -0.2) is 4.79 Å². The molecule has 9 nitrogen and oxygen atoms in total. The topological polar surface area (TPSA) is 143 Å². The molecule has 0 fully saturated rings. The Balaban J connectivity index is 3.07. The number of ether oxygens (including phenoxy) is 2. The molecule has 0 saturated heterocycles. The van der Waals surface area contributed by atoms with E-state index in [1.165, 1.54) is 31.2 Å². The van der Waals surface area contributed by atoms with Gasteiger partial charge < -0.3 is 19.9 Å². The lowest BCUT2D eigenvalue weighted by molar-refractivity contribution is -0.162. The minimum absolute atomic E-state index is 0.120. The molecule has 0 spiro atoms. The van der Waals surface area contributed by atoms with Gasteiger partial charge in [0.15, 0.2) is 5.92 Å².